The Bertz CT molecular complexity index is 858. The van der Waals surface area contributed by atoms with Crippen molar-refractivity contribution in [2.75, 3.05) is 12.4 Å². The standard InChI is InChI=1S/C17H19N3O2S/c1-11(2)9-22-16(21)10-23-17-19-18-15-8-12(3)13-6-4-5-7-14(13)20(15)17/h4-8,11H,9-10H2,1-3H3. The lowest BCUT2D eigenvalue weighted by atomic mass is 10.1. The molecule has 0 aliphatic heterocycles. The van der Waals surface area contributed by atoms with Gasteiger partial charge in [0.15, 0.2) is 10.8 Å². The lowest BCUT2D eigenvalue weighted by molar-refractivity contribution is -0.141. The second-order valence-corrected chi connectivity index (χ2v) is 6.83. The number of hydrogen-bond acceptors (Lipinski definition) is 5. The zero-order valence-corrected chi connectivity index (χ0v) is 14.3. The molecular formula is C17H19N3O2S. The maximum atomic E-state index is 11.8. The van der Waals surface area contributed by atoms with Crippen molar-refractivity contribution in [1.29, 1.82) is 0 Å². The van der Waals surface area contributed by atoms with Crippen LogP contribution < -0.4 is 0 Å². The predicted molar refractivity (Wildman–Crippen MR) is 91.8 cm³/mol. The van der Waals surface area contributed by atoms with Gasteiger partial charge in [0.25, 0.3) is 0 Å². The Morgan fingerprint density at radius 1 is 1.30 bits per heavy atom. The number of rotatable bonds is 5. The molecule has 3 rings (SSSR count). The van der Waals surface area contributed by atoms with Crippen LogP contribution in [0.5, 0.6) is 0 Å². The minimum Gasteiger partial charge on any atom is -0.465 e. The highest BCUT2D eigenvalue weighted by Crippen LogP contribution is 2.25. The minimum absolute atomic E-state index is 0.225. The van der Waals surface area contributed by atoms with Gasteiger partial charge in [-0.15, -0.1) is 10.2 Å². The summed E-state index contributed by atoms with van der Waals surface area (Å²) in [5.41, 5.74) is 3.00. The Balaban J connectivity index is 1.87. The number of hydrogen-bond donors (Lipinski definition) is 0. The molecule has 5 nitrogen and oxygen atoms in total. The summed E-state index contributed by atoms with van der Waals surface area (Å²) >= 11 is 1.35. The van der Waals surface area contributed by atoms with Gasteiger partial charge in [0.05, 0.1) is 17.9 Å². The van der Waals surface area contributed by atoms with E-state index >= 15 is 0 Å². The van der Waals surface area contributed by atoms with Gasteiger partial charge in [-0.05, 0) is 30.5 Å². The Labute approximate surface area is 139 Å². The molecule has 1 aromatic carbocycles. The van der Waals surface area contributed by atoms with Gasteiger partial charge in [-0.1, -0.05) is 43.8 Å². The molecule has 0 aliphatic rings. The summed E-state index contributed by atoms with van der Waals surface area (Å²) in [4.78, 5) is 11.8. The van der Waals surface area contributed by atoms with E-state index in [-0.39, 0.29) is 11.7 Å². The Morgan fingerprint density at radius 3 is 2.87 bits per heavy atom. The molecule has 0 atom stereocenters. The average molecular weight is 329 g/mol. The van der Waals surface area contributed by atoms with E-state index < -0.39 is 0 Å². The van der Waals surface area contributed by atoms with Crippen molar-refractivity contribution in [3.05, 3.63) is 35.9 Å². The second kappa shape index (κ2) is 6.58. The number of para-hydroxylation sites is 1. The van der Waals surface area contributed by atoms with Crippen LogP contribution in [0, 0.1) is 12.8 Å². The highest BCUT2D eigenvalue weighted by Gasteiger charge is 2.13. The molecular weight excluding hydrogens is 310 g/mol. The topological polar surface area (TPSA) is 56.5 Å². The molecule has 2 aromatic heterocycles. The van der Waals surface area contributed by atoms with Crippen LogP contribution in [0.4, 0.5) is 0 Å². The fourth-order valence-corrected chi connectivity index (χ4v) is 3.14. The van der Waals surface area contributed by atoms with Crippen molar-refractivity contribution in [2.24, 2.45) is 5.92 Å². The first-order valence-electron chi connectivity index (χ1n) is 7.58. The molecule has 0 saturated carbocycles. The summed E-state index contributed by atoms with van der Waals surface area (Å²) in [6.45, 7) is 6.54. The number of carbonyl (C=O) groups excluding carboxylic acids is 1. The lowest BCUT2D eigenvalue weighted by Crippen LogP contribution is -2.12. The van der Waals surface area contributed by atoms with Gasteiger partial charge in [-0.25, -0.2) is 0 Å². The van der Waals surface area contributed by atoms with Crippen LogP contribution in [0.25, 0.3) is 16.6 Å². The molecule has 120 valence electrons. The number of carbonyl (C=O) groups is 1. The summed E-state index contributed by atoms with van der Waals surface area (Å²) in [5.74, 6) is 0.345. The van der Waals surface area contributed by atoms with E-state index in [1.165, 1.54) is 11.8 Å². The third-order valence-electron chi connectivity index (χ3n) is 3.47. The molecule has 0 fully saturated rings. The Hall–Kier alpha value is -2.08. The summed E-state index contributed by atoms with van der Waals surface area (Å²) in [5, 5.41) is 10.3. The van der Waals surface area contributed by atoms with Crippen LogP contribution in [0.2, 0.25) is 0 Å². The highest BCUT2D eigenvalue weighted by molar-refractivity contribution is 7.99. The lowest BCUT2D eigenvalue weighted by Gasteiger charge is -2.08. The van der Waals surface area contributed by atoms with Gasteiger partial charge < -0.3 is 4.74 Å². The predicted octanol–water partition coefficient (Wildman–Crippen LogP) is 3.48. The molecule has 2 heterocycles. The van der Waals surface area contributed by atoms with Crippen molar-refractivity contribution in [1.82, 2.24) is 14.6 Å². The van der Waals surface area contributed by atoms with E-state index in [1.807, 2.05) is 42.5 Å². The van der Waals surface area contributed by atoms with Crippen LogP contribution in [-0.2, 0) is 9.53 Å². The van der Waals surface area contributed by atoms with Crippen molar-refractivity contribution < 1.29 is 9.53 Å². The number of benzene rings is 1. The molecule has 0 radical (unpaired) electrons. The number of fused-ring (bicyclic) bond motifs is 3. The van der Waals surface area contributed by atoms with Crippen LogP contribution in [-0.4, -0.2) is 32.9 Å². The van der Waals surface area contributed by atoms with Gasteiger partial charge in [0, 0.05) is 5.39 Å². The van der Waals surface area contributed by atoms with E-state index in [2.05, 4.69) is 23.2 Å². The van der Waals surface area contributed by atoms with Gasteiger partial charge >= 0.3 is 5.97 Å². The van der Waals surface area contributed by atoms with Crippen molar-refractivity contribution in [3.63, 3.8) is 0 Å². The number of aromatic nitrogens is 3. The molecule has 0 aliphatic carbocycles. The van der Waals surface area contributed by atoms with Gasteiger partial charge in [0.2, 0.25) is 0 Å². The molecule has 0 N–H and O–H groups in total. The van der Waals surface area contributed by atoms with E-state index in [0.717, 1.165) is 22.1 Å². The van der Waals surface area contributed by atoms with Crippen molar-refractivity contribution >= 4 is 34.3 Å². The summed E-state index contributed by atoms with van der Waals surface area (Å²) in [7, 11) is 0. The summed E-state index contributed by atoms with van der Waals surface area (Å²) in [6.07, 6.45) is 0. The van der Waals surface area contributed by atoms with Crippen molar-refractivity contribution in [3.8, 4) is 0 Å². The summed E-state index contributed by atoms with van der Waals surface area (Å²) < 4.78 is 7.19. The number of esters is 1. The van der Waals surface area contributed by atoms with Gasteiger partial charge in [-0.3, -0.25) is 9.20 Å². The molecule has 0 amide bonds. The monoisotopic (exact) mass is 329 g/mol. The maximum Gasteiger partial charge on any atom is 0.316 e. The molecule has 0 bridgehead atoms. The zero-order chi connectivity index (χ0) is 16.4. The zero-order valence-electron chi connectivity index (χ0n) is 13.4. The van der Waals surface area contributed by atoms with Crippen LogP contribution >= 0.6 is 11.8 Å². The second-order valence-electron chi connectivity index (χ2n) is 5.89. The smallest absolute Gasteiger partial charge is 0.316 e. The maximum absolute atomic E-state index is 11.8. The fraction of sp³-hybridized carbons (Fsp3) is 0.353. The quantitative estimate of drug-likeness (QED) is 0.530. The summed E-state index contributed by atoms with van der Waals surface area (Å²) in [6, 6.07) is 10.1. The number of nitrogens with zero attached hydrogens (tertiary/aromatic N) is 3. The van der Waals surface area contributed by atoms with Crippen molar-refractivity contribution in [2.45, 2.75) is 25.9 Å². The third-order valence-corrected chi connectivity index (χ3v) is 4.37. The molecule has 0 spiro atoms. The fourth-order valence-electron chi connectivity index (χ4n) is 2.39. The first-order valence-corrected chi connectivity index (χ1v) is 8.56. The van der Waals surface area contributed by atoms with E-state index in [9.17, 15) is 4.79 Å². The highest BCUT2D eigenvalue weighted by atomic mass is 32.2. The van der Waals surface area contributed by atoms with Gasteiger partial charge in [0.1, 0.15) is 0 Å². The molecule has 0 unspecified atom stereocenters. The number of ether oxygens (including phenoxy) is 1. The SMILES string of the molecule is Cc1cc2nnc(SCC(=O)OCC(C)C)n2c2ccccc12. The number of pyridine rings is 1. The largest absolute Gasteiger partial charge is 0.465 e. The first kappa shape index (κ1) is 15.8. The van der Waals surface area contributed by atoms with Crippen LogP contribution in [0.1, 0.15) is 19.4 Å². The number of thioether (sulfide) groups is 1. The van der Waals surface area contributed by atoms with E-state index in [0.29, 0.717) is 17.7 Å². The average Bonchev–Trinajstić information content (AvgIpc) is 2.94. The normalized spacial score (nSPS) is 11.5. The van der Waals surface area contributed by atoms with E-state index in [1.54, 1.807) is 0 Å². The van der Waals surface area contributed by atoms with Gasteiger partial charge in [-0.2, -0.15) is 0 Å². The van der Waals surface area contributed by atoms with Crippen LogP contribution in [0.15, 0.2) is 35.5 Å². The number of aryl methyl sites for hydroxylation is 1. The molecule has 3 aromatic rings. The Kier molecular flexibility index (Phi) is 4.52. The van der Waals surface area contributed by atoms with E-state index in [4.69, 9.17) is 4.74 Å². The molecule has 23 heavy (non-hydrogen) atoms. The third kappa shape index (κ3) is 3.32. The molecule has 6 heteroatoms. The first-order chi connectivity index (χ1) is 11.1. The van der Waals surface area contributed by atoms with Crippen LogP contribution in [0.3, 0.4) is 0 Å². The minimum atomic E-state index is -0.225. The molecule has 0 saturated heterocycles. The Morgan fingerprint density at radius 2 is 2.09 bits per heavy atom.